The number of aliphatic hydroxyl groups excluding tert-OH is 2. The van der Waals surface area contributed by atoms with Crippen molar-refractivity contribution >= 4 is 6.03 Å². The zero-order valence-corrected chi connectivity index (χ0v) is 22.9. The first kappa shape index (κ1) is 32.1. The second kappa shape index (κ2) is 23.5. The van der Waals surface area contributed by atoms with E-state index in [2.05, 4.69) is 34.5 Å². The summed E-state index contributed by atoms with van der Waals surface area (Å²) < 4.78 is 2.18. The van der Waals surface area contributed by atoms with Gasteiger partial charge in [0.15, 0.2) is 12.4 Å². The smallest absolute Gasteiger partial charge is 0.315 e. The molecule has 2 atom stereocenters. The normalized spacial score (nSPS) is 13.1. The van der Waals surface area contributed by atoms with Gasteiger partial charge in [-0.1, -0.05) is 95.8 Å². The van der Waals surface area contributed by atoms with Crippen LogP contribution in [-0.2, 0) is 6.54 Å². The van der Waals surface area contributed by atoms with E-state index in [0.717, 1.165) is 45.1 Å². The van der Waals surface area contributed by atoms with Gasteiger partial charge in [-0.15, -0.1) is 0 Å². The Labute approximate surface area is 220 Å². The summed E-state index contributed by atoms with van der Waals surface area (Å²) in [6.45, 7) is 3.56. The third-order valence-electron chi connectivity index (χ3n) is 6.64. The van der Waals surface area contributed by atoms with Crippen LogP contribution in [0.1, 0.15) is 110 Å². The maximum atomic E-state index is 12.1. The molecule has 2 amide bonds. The summed E-state index contributed by atoms with van der Waals surface area (Å²) in [7, 11) is 0. The molecule has 0 aromatic carbocycles. The van der Waals surface area contributed by atoms with Gasteiger partial charge >= 0.3 is 6.03 Å². The number of nitrogens with one attached hydrogen (secondary N) is 2. The number of urea groups is 1. The molecule has 0 spiro atoms. The highest BCUT2D eigenvalue weighted by molar-refractivity contribution is 5.74. The summed E-state index contributed by atoms with van der Waals surface area (Å²) in [5.41, 5.74) is 0. The van der Waals surface area contributed by atoms with E-state index in [4.69, 9.17) is 0 Å². The minimum absolute atomic E-state index is 0.297. The number of amides is 2. The number of nitrogens with zero attached hydrogens (tertiary/aromatic N) is 1. The molecular weight excluding hydrogens is 450 g/mol. The molecule has 1 rings (SSSR count). The van der Waals surface area contributed by atoms with Crippen molar-refractivity contribution in [3.63, 3.8) is 0 Å². The quantitative estimate of drug-likeness (QED) is 0.0861. The predicted molar refractivity (Wildman–Crippen MR) is 149 cm³/mol. The molecule has 0 aliphatic heterocycles. The number of hydrogen-bond donors (Lipinski definition) is 4. The van der Waals surface area contributed by atoms with Crippen molar-refractivity contribution in [3.05, 3.63) is 42.7 Å². The van der Waals surface area contributed by atoms with Crippen molar-refractivity contribution in [1.29, 1.82) is 0 Å². The van der Waals surface area contributed by atoms with Crippen molar-refractivity contribution in [2.45, 2.75) is 128 Å². The number of aromatic nitrogens is 1. The standard InChI is InChI=1S/C30H53N3O3/c1-2-3-4-5-6-7-8-9-10-11-12-13-17-22-29(35)28(27-34)32-30(36)31-23-18-14-15-19-24-33-25-20-16-21-26-33/h16-17,20-22,25-26,28-29,34-35H,2-15,18-19,23-24,27H2,1H3,(H-,31,32,36)/p+1/b22-17+/t28-,29-/m0/s1. The highest BCUT2D eigenvalue weighted by Crippen LogP contribution is 2.12. The van der Waals surface area contributed by atoms with Crippen molar-refractivity contribution in [1.82, 2.24) is 10.6 Å². The number of allylic oxidation sites excluding steroid dienone is 1. The third-order valence-corrected chi connectivity index (χ3v) is 6.64. The topological polar surface area (TPSA) is 85.5 Å². The lowest BCUT2D eigenvalue weighted by molar-refractivity contribution is -0.697. The van der Waals surface area contributed by atoms with E-state index in [1.54, 1.807) is 6.08 Å². The molecule has 0 radical (unpaired) electrons. The summed E-state index contributed by atoms with van der Waals surface area (Å²) in [5, 5.41) is 25.4. The molecule has 6 heteroatoms. The van der Waals surface area contributed by atoms with Gasteiger partial charge in [0.2, 0.25) is 0 Å². The van der Waals surface area contributed by atoms with E-state index >= 15 is 0 Å². The lowest BCUT2D eigenvalue weighted by Gasteiger charge is -2.20. The number of rotatable bonds is 23. The van der Waals surface area contributed by atoms with Gasteiger partial charge in [0.25, 0.3) is 0 Å². The van der Waals surface area contributed by atoms with Crippen LogP contribution in [0.3, 0.4) is 0 Å². The summed E-state index contributed by atoms with van der Waals surface area (Å²) in [6.07, 6.45) is 26.5. The van der Waals surface area contributed by atoms with Gasteiger partial charge in [-0.05, 0) is 25.7 Å². The van der Waals surface area contributed by atoms with Crippen molar-refractivity contribution in [2.75, 3.05) is 13.2 Å². The highest BCUT2D eigenvalue weighted by atomic mass is 16.3. The summed E-state index contributed by atoms with van der Waals surface area (Å²) in [6, 6.07) is 5.06. The molecule has 1 aromatic rings. The van der Waals surface area contributed by atoms with Crippen LogP contribution in [0.4, 0.5) is 4.79 Å². The Bertz CT molecular complexity index is 654. The minimum Gasteiger partial charge on any atom is -0.394 e. The molecule has 0 fully saturated rings. The Balaban J connectivity index is 2.00. The van der Waals surface area contributed by atoms with Crippen LogP contribution >= 0.6 is 0 Å². The molecule has 0 unspecified atom stereocenters. The van der Waals surface area contributed by atoms with Gasteiger partial charge in [0, 0.05) is 25.1 Å². The van der Waals surface area contributed by atoms with Gasteiger partial charge in [-0.25, -0.2) is 9.36 Å². The van der Waals surface area contributed by atoms with Crippen molar-refractivity contribution < 1.29 is 19.6 Å². The fourth-order valence-electron chi connectivity index (χ4n) is 4.31. The molecule has 0 aliphatic carbocycles. The molecule has 36 heavy (non-hydrogen) atoms. The molecule has 1 heterocycles. The zero-order valence-electron chi connectivity index (χ0n) is 22.9. The van der Waals surface area contributed by atoms with Gasteiger partial charge in [0.1, 0.15) is 6.54 Å². The van der Waals surface area contributed by atoms with Crippen LogP contribution in [0, 0.1) is 0 Å². The van der Waals surface area contributed by atoms with E-state index in [-0.39, 0.29) is 12.6 Å². The lowest BCUT2D eigenvalue weighted by Crippen LogP contribution is -2.49. The van der Waals surface area contributed by atoms with E-state index in [0.29, 0.717) is 6.54 Å². The van der Waals surface area contributed by atoms with Crippen LogP contribution in [0.15, 0.2) is 42.7 Å². The van der Waals surface area contributed by atoms with Gasteiger partial charge in [-0.3, -0.25) is 0 Å². The van der Waals surface area contributed by atoms with Crippen molar-refractivity contribution in [2.24, 2.45) is 0 Å². The number of aliphatic hydroxyl groups is 2. The van der Waals surface area contributed by atoms with Gasteiger partial charge in [0.05, 0.1) is 18.8 Å². The number of aryl methyl sites for hydroxylation is 1. The lowest BCUT2D eigenvalue weighted by atomic mass is 10.0. The van der Waals surface area contributed by atoms with Gasteiger partial charge in [-0.2, -0.15) is 0 Å². The van der Waals surface area contributed by atoms with E-state index < -0.39 is 12.1 Å². The Kier molecular flexibility index (Phi) is 20.9. The Hall–Kier alpha value is -1.92. The molecular formula is C30H54N3O3+. The largest absolute Gasteiger partial charge is 0.394 e. The number of unbranched alkanes of at least 4 members (excludes halogenated alkanes) is 14. The number of hydrogen-bond acceptors (Lipinski definition) is 3. The second-order valence-corrected chi connectivity index (χ2v) is 9.96. The molecule has 0 bridgehead atoms. The second-order valence-electron chi connectivity index (χ2n) is 9.96. The molecule has 0 saturated heterocycles. The Morgan fingerprint density at radius 1 is 0.833 bits per heavy atom. The SMILES string of the molecule is CCCCCCCCCCCCC/C=C/[C@H](O)[C@H](CO)NC(=O)NCCCCCC[n+]1ccccc1. The first-order chi connectivity index (χ1) is 17.7. The van der Waals surface area contributed by atoms with Crippen molar-refractivity contribution in [3.8, 4) is 0 Å². The van der Waals surface area contributed by atoms with Gasteiger partial charge < -0.3 is 20.8 Å². The maximum Gasteiger partial charge on any atom is 0.315 e. The summed E-state index contributed by atoms with van der Waals surface area (Å²) in [5.74, 6) is 0. The van der Waals surface area contributed by atoms with Crippen LogP contribution in [-0.4, -0.2) is 41.5 Å². The van der Waals surface area contributed by atoms with Crippen LogP contribution in [0.5, 0.6) is 0 Å². The fraction of sp³-hybridized carbons (Fsp3) is 0.733. The predicted octanol–water partition coefficient (Wildman–Crippen LogP) is 5.81. The minimum atomic E-state index is -0.885. The summed E-state index contributed by atoms with van der Waals surface area (Å²) in [4.78, 5) is 12.1. The number of carbonyl (C=O) groups is 1. The van der Waals surface area contributed by atoms with Crippen LogP contribution in [0.25, 0.3) is 0 Å². The molecule has 0 aliphatic rings. The molecule has 1 aromatic heterocycles. The fourth-order valence-corrected chi connectivity index (χ4v) is 4.31. The molecule has 0 saturated carbocycles. The first-order valence-corrected chi connectivity index (χ1v) is 14.6. The third kappa shape index (κ3) is 18.4. The first-order valence-electron chi connectivity index (χ1n) is 14.6. The zero-order chi connectivity index (χ0) is 26.1. The number of carbonyl (C=O) groups excluding carboxylic acids is 1. The Morgan fingerprint density at radius 3 is 2.06 bits per heavy atom. The summed E-state index contributed by atoms with van der Waals surface area (Å²) >= 11 is 0. The molecule has 6 nitrogen and oxygen atoms in total. The van der Waals surface area contributed by atoms with Crippen LogP contribution < -0.4 is 15.2 Å². The van der Waals surface area contributed by atoms with Crippen LogP contribution in [0.2, 0.25) is 0 Å². The average molecular weight is 505 g/mol. The molecule has 206 valence electrons. The molecule has 4 N–H and O–H groups in total. The van der Waals surface area contributed by atoms with E-state index in [1.807, 2.05) is 24.3 Å². The Morgan fingerprint density at radius 2 is 1.42 bits per heavy atom. The average Bonchev–Trinajstić information content (AvgIpc) is 2.89. The number of pyridine rings is 1. The monoisotopic (exact) mass is 504 g/mol. The maximum absolute atomic E-state index is 12.1. The van der Waals surface area contributed by atoms with E-state index in [9.17, 15) is 15.0 Å². The van der Waals surface area contributed by atoms with E-state index in [1.165, 1.54) is 64.2 Å². The highest BCUT2D eigenvalue weighted by Gasteiger charge is 2.17.